The van der Waals surface area contributed by atoms with Gasteiger partial charge in [-0.25, -0.2) is 4.79 Å². The van der Waals surface area contributed by atoms with Gasteiger partial charge >= 0.3 is 5.97 Å². The summed E-state index contributed by atoms with van der Waals surface area (Å²) in [6, 6.07) is 3.22. The molecule has 1 atom stereocenters. The third-order valence-electron chi connectivity index (χ3n) is 1.86. The Morgan fingerprint density at radius 1 is 1.50 bits per heavy atom. The molecule has 0 spiro atoms. The third-order valence-corrected chi connectivity index (χ3v) is 3.04. The number of aliphatic hydroxyl groups excluding tert-OH is 1. The summed E-state index contributed by atoms with van der Waals surface area (Å²) >= 11 is 1.14. The Labute approximate surface area is 87.0 Å². The van der Waals surface area contributed by atoms with Gasteiger partial charge in [0.2, 0.25) is 0 Å². The number of thiophene rings is 1. The molecular formula is C10H14O3S. The Hall–Kier alpha value is -0.870. The molecule has 3 nitrogen and oxygen atoms in total. The first-order valence-electron chi connectivity index (χ1n) is 4.51. The Kier molecular flexibility index (Phi) is 3.66. The summed E-state index contributed by atoms with van der Waals surface area (Å²) in [5, 5.41) is 18.4. The number of aliphatic hydroxyl groups is 1. The lowest BCUT2D eigenvalue weighted by Gasteiger charge is -2.10. The third kappa shape index (κ3) is 2.82. The molecule has 0 saturated carbocycles. The first-order chi connectivity index (χ1) is 6.50. The van der Waals surface area contributed by atoms with Crippen molar-refractivity contribution in [1.82, 2.24) is 0 Å². The van der Waals surface area contributed by atoms with E-state index in [0.717, 1.165) is 16.2 Å². The van der Waals surface area contributed by atoms with E-state index >= 15 is 0 Å². The van der Waals surface area contributed by atoms with Crippen LogP contribution in [0.25, 0.3) is 0 Å². The lowest BCUT2D eigenvalue weighted by atomic mass is 10.1. The molecule has 14 heavy (non-hydrogen) atoms. The molecule has 1 unspecified atom stereocenters. The highest BCUT2D eigenvalue weighted by molar-refractivity contribution is 7.14. The lowest BCUT2D eigenvalue weighted by Crippen LogP contribution is -1.99. The highest BCUT2D eigenvalue weighted by Gasteiger charge is 2.14. The summed E-state index contributed by atoms with van der Waals surface area (Å²) in [6.07, 6.45) is 0.132. The second kappa shape index (κ2) is 4.57. The van der Waals surface area contributed by atoms with Crippen LogP contribution in [0.2, 0.25) is 0 Å². The summed E-state index contributed by atoms with van der Waals surface area (Å²) in [5.41, 5.74) is 0. The van der Waals surface area contributed by atoms with Gasteiger partial charge < -0.3 is 10.2 Å². The van der Waals surface area contributed by atoms with Crippen molar-refractivity contribution in [3.05, 3.63) is 21.9 Å². The zero-order valence-electron chi connectivity index (χ0n) is 8.23. The molecule has 0 aliphatic carbocycles. The number of rotatable bonds is 4. The lowest BCUT2D eigenvalue weighted by molar-refractivity contribution is 0.0702. The minimum Gasteiger partial charge on any atom is -0.477 e. The van der Waals surface area contributed by atoms with Crippen LogP contribution in [-0.2, 0) is 0 Å². The van der Waals surface area contributed by atoms with Crippen molar-refractivity contribution >= 4 is 17.3 Å². The van der Waals surface area contributed by atoms with Crippen LogP contribution in [0.3, 0.4) is 0 Å². The molecule has 78 valence electrons. The maximum absolute atomic E-state index is 10.6. The maximum Gasteiger partial charge on any atom is 0.345 e. The van der Waals surface area contributed by atoms with Gasteiger partial charge in [0.05, 0.1) is 6.10 Å². The first kappa shape index (κ1) is 11.2. The first-order valence-corrected chi connectivity index (χ1v) is 5.33. The van der Waals surface area contributed by atoms with Gasteiger partial charge in [-0.3, -0.25) is 0 Å². The summed E-state index contributed by atoms with van der Waals surface area (Å²) in [4.78, 5) is 11.6. The zero-order chi connectivity index (χ0) is 10.7. The molecule has 2 N–H and O–H groups in total. The Bertz CT molecular complexity index is 317. The predicted molar refractivity (Wildman–Crippen MR) is 55.7 cm³/mol. The number of aromatic carboxylic acids is 1. The molecule has 1 heterocycles. The van der Waals surface area contributed by atoms with Gasteiger partial charge in [-0.05, 0) is 24.5 Å². The smallest absolute Gasteiger partial charge is 0.345 e. The Balaban J connectivity index is 2.71. The zero-order valence-corrected chi connectivity index (χ0v) is 9.04. The van der Waals surface area contributed by atoms with Crippen molar-refractivity contribution in [2.75, 3.05) is 0 Å². The molecule has 0 aliphatic heterocycles. The minimum atomic E-state index is -0.932. The van der Waals surface area contributed by atoms with Gasteiger partial charge in [0.1, 0.15) is 4.88 Å². The Morgan fingerprint density at radius 2 is 2.14 bits per heavy atom. The highest BCUT2D eigenvalue weighted by atomic mass is 32.1. The molecule has 1 aromatic heterocycles. The van der Waals surface area contributed by atoms with E-state index in [1.807, 2.05) is 13.8 Å². The van der Waals surface area contributed by atoms with Crippen LogP contribution in [0.1, 0.15) is 40.9 Å². The summed E-state index contributed by atoms with van der Waals surface area (Å²) < 4.78 is 0. The van der Waals surface area contributed by atoms with Crippen molar-refractivity contribution in [2.45, 2.75) is 26.4 Å². The van der Waals surface area contributed by atoms with E-state index in [-0.39, 0.29) is 4.88 Å². The van der Waals surface area contributed by atoms with Crippen LogP contribution in [0.4, 0.5) is 0 Å². The fourth-order valence-corrected chi connectivity index (χ4v) is 2.06. The van der Waals surface area contributed by atoms with Gasteiger partial charge in [-0.15, -0.1) is 11.3 Å². The van der Waals surface area contributed by atoms with Crippen molar-refractivity contribution < 1.29 is 15.0 Å². The molecular weight excluding hydrogens is 200 g/mol. The fraction of sp³-hybridized carbons (Fsp3) is 0.500. The van der Waals surface area contributed by atoms with Crippen molar-refractivity contribution in [3.8, 4) is 0 Å². The van der Waals surface area contributed by atoms with E-state index in [0.29, 0.717) is 12.3 Å². The molecule has 0 bridgehead atoms. The van der Waals surface area contributed by atoms with E-state index in [4.69, 9.17) is 5.11 Å². The van der Waals surface area contributed by atoms with E-state index in [1.54, 1.807) is 6.07 Å². The largest absolute Gasteiger partial charge is 0.477 e. The van der Waals surface area contributed by atoms with Crippen LogP contribution in [-0.4, -0.2) is 16.2 Å². The second-order valence-corrected chi connectivity index (χ2v) is 4.77. The monoisotopic (exact) mass is 214 g/mol. The number of carbonyl (C=O) groups is 1. The predicted octanol–water partition coefficient (Wildman–Crippen LogP) is 2.53. The number of carboxylic acid groups (broad SMARTS) is 1. The van der Waals surface area contributed by atoms with Crippen LogP contribution < -0.4 is 0 Å². The van der Waals surface area contributed by atoms with E-state index < -0.39 is 12.1 Å². The molecule has 0 amide bonds. The van der Waals surface area contributed by atoms with Crippen LogP contribution in [0.5, 0.6) is 0 Å². The minimum absolute atomic E-state index is 0.280. The van der Waals surface area contributed by atoms with E-state index in [2.05, 4.69) is 0 Å². The van der Waals surface area contributed by atoms with Crippen LogP contribution >= 0.6 is 11.3 Å². The molecule has 1 rings (SSSR count). The van der Waals surface area contributed by atoms with Crippen LogP contribution in [0, 0.1) is 5.92 Å². The maximum atomic E-state index is 10.6. The molecule has 0 aliphatic rings. The quantitative estimate of drug-likeness (QED) is 0.809. The highest BCUT2D eigenvalue weighted by Crippen LogP contribution is 2.27. The number of hydrogen-bond acceptors (Lipinski definition) is 3. The summed E-state index contributed by atoms with van der Waals surface area (Å²) in [7, 11) is 0. The van der Waals surface area contributed by atoms with Gasteiger partial charge in [0, 0.05) is 4.88 Å². The number of carboxylic acids is 1. The normalized spacial score (nSPS) is 13.1. The Morgan fingerprint density at radius 3 is 2.57 bits per heavy atom. The average Bonchev–Trinajstić information content (AvgIpc) is 2.50. The number of hydrogen-bond donors (Lipinski definition) is 2. The topological polar surface area (TPSA) is 57.5 Å². The fourth-order valence-electron chi connectivity index (χ4n) is 1.21. The van der Waals surface area contributed by atoms with Gasteiger partial charge in [0.25, 0.3) is 0 Å². The molecule has 4 heteroatoms. The van der Waals surface area contributed by atoms with E-state index in [9.17, 15) is 9.90 Å². The SMILES string of the molecule is CC(C)CC(O)c1ccc(C(=O)O)s1. The standard InChI is InChI=1S/C10H14O3S/c1-6(2)5-7(11)8-3-4-9(14-8)10(12)13/h3-4,6-7,11H,5H2,1-2H3,(H,12,13). The molecule has 0 fully saturated rings. The van der Waals surface area contributed by atoms with Crippen molar-refractivity contribution in [1.29, 1.82) is 0 Å². The van der Waals surface area contributed by atoms with Gasteiger partial charge in [-0.2, -0.15) is 0 Å². The van der Waals surface area contributed by atoms with Crippen LogP contribution in [0.15, 0.2) is 12.1 Å². The molecule has 1 aromatic rings. The molecule has 0 radical (unpaired) electrons. The van der Waals surface area contributed by atoms with Crippen molar-refractivity contribution in [3.63, 3.8) is 0 Å². The molecule has 0 saturated heterocycles. The van der Waals surface area contributed by atoms with Crippen molar-refractivity contribution in [2.24, 2.45) is 5.92 Å². The molecule has 0 aromatic carbocycles. The van der Waals surface area contributed by atoms with Gasteiger partial charge in [-0.1, -0.05) is 13.8 Å². The average molecular weight is 214 g/mol. The van der Waals surface area contributed by atoms with Gasteiger partial charge in [0.15, 0.2) is 0 Å². The second-order valence-electron chi connectivity index (χ2n) is 3.65. The summed E-state index contributed by atoms with van der Waals surface area (Å²) in [6.45, 7) is 4.05. The summed E-state index contributed by atoms with van der Waals surface area (Å²) in [5.74, 6) is -0.529. The van der Waals surface area contributed by atoms with E-state index in [1.165, 1.54) is 6.07 Å².